The van der Waals surface area contributed by atoms with Gasteiger partial charge in [0, 0.05) is 0 Å². The molecule has 1 aromatic carbocycles. The van der Waals surface area contributed by atoms with Gasteiger partial charge in [-0.05, 0) is 17.7 Å². The predicted molar refractivity (Wildman–Crippen MR) is 54.3 cm³/mol. The van der Waals surface area contributed by atoms with E-state index in [9.17, 15) is 18.9 Å². The number of hydrogen-bond acceptors (Lipinski definition) is 3. The van der Waals surface area contributed by atoms with Crippen LogP contribution in [0.5, 0.6) is 0 Å². The second-order valence-electron chi connectivity index (χ2n) is 3.40. The van der Waals surface area contributed by atoms with Gasteiger partial charge in [0.2, 0.25) is 0 Å². The lowest BCUT2D eigenvalue weighted by molar-refractivity contribution is -0.385. The molecule has 0 saturated heterocycles. The predicted octanol–water partition coefficient (Wildman–Crippen LogP) is 2.12. The van der Waals surface area contributed by atoms with Gasteiger partial charge in [0.1, 0.15) is 12.4 Å². The molecule has 0 aliphatic rings. The van der Waals surface area contributed by atoms with E-state index < -0.39 is 16.6 Å². The van der Waals surface area contributed by atoms with Gasteiger partial charge in [-0.2, -0.15) is 5.10 Å². The van der Waals surface area contributed by atoms with E-state index in [0.29, 0.717) is 5.56 Å². The molecule has 0 spiro atoms. The third-order valence-corrected chi connectivity index (χ3v) is 2.16. The summed E-state index contributed by atoms with van der Waals surface area (Å²) in [6.07, 6.45) is 2.32. The van der Waals surface area contributed by atoms with Crippen LogP contribution in [0.3, 0.4) is 0 Å². The van der Waals surface area contributed by atoms with Gasteiger partial charge in [-0.1, -0.05) is 6.07 Å². The van der Waals surface area contributed by atoms with Crippen LogP contribution < -0.4 is 0 Å². The average molecular weight is 239 g/mol. The Kier molecular flexibility index (Phi) is 2.82. The van der Waals surface area contributed by atoms with Gasteiger partial charge < -0.3 is 0 Å². The number of benzene rings is 1. The molecule has 17 heavy (non-hydrogen) atoms. The summed E-state index contributed by atoms with van der Waals surface area (Å²) in [5, 5.41) is 14.2. The first-order valence-electron chi connectivity index (χ1n) is 4.67. The molecular weight excluding hydrogens is 232 g/mol. The molecule has 0 unspecified atom stereocenters. The van der Waals surface area contributed by atoms with Gasteiger partial charge in [-0.15, -0.1) is 0 Å². The molecule has 0 fully saturated rings. The molecule has 0 radical (unpaired) electrons. The normalized spacial score (nSPS) is 10.5. The Labute approximate surface area is 94.4 Å². The Morgan fingerprint density at radius 2 is 2.12 bits per heavy atom. The second-order valence-corrected chi connectivity index (χ2v) is 3.40. The summed E-state index contributed by atoms with van der Waals surface area (Å²) in [6.45, 7) is 0.144. The molecule has 0 atom stereocenters. The number of rotatable bonds is 3. The van der Waals surface area contributed by atoms with Crippen LogP contribution in [0, 0.1) is 21.7 Å². The zero-order valence-electron chi connectivity index (χ0n) is 8.51. The van der Waals surface area contributed by atoms with Crippen LogP contribution in [0.4, 0.5) is 14.5 Å². The molecule has 0 aliphatic carbocycles. The van der Waals surface area contributed by atoms with Crippen molar-refractivity contribution in [2.75, 3.05) is 0 Å². The van der Waals surface area contributed by atoms with Crippen LogP contribution >= 0.6 is 0 Å². The molecule has 0 aliphatic heterocycles. The van der Waals surface area contributed by atoms with Crippen LogP contribution in [0.15, 0.2) is 30.6 Å². The van der Waals surface area contributed by atoms with Crippen molar-refractivity contribution in [2.45, 2.75) is 6.54 Å². The number of hydrogen-bond donors (Lipinski definition) is 0. The van der Waals surface area contributed by atoms with E-state index in [4.69, 9.17) is 0 Å². The van der Waals surface area contributed by atoms with Crippen molar-refractivity contribution in [3.63, 3.8) is 0 Å². The maximum absolute atomic E-state index is 12.9. The lowest BCUT2D eigenvalue weighted by Gasteiger charge is -2.01. The lowest BCUT2D eigenvalue weighted by atomic mass is 10.2. The Bertz CT molecular complexity index is 568. The molecular formula is C10H7F2N3O2. The molecule has 2 rings (SSSR count). The number of aromatic nitrogens is 2. The minimum Gasteiger partial charge on any atom is -0.261 e. The van der Waals surface area contributed by atoms with Crippen molar-refractivity contribution < 1.29 is 13.7 Å². The van der Waals surface area contributed by atoms with E-state index in [1.165, 1.54) is 16.9 Å². The first kappa shape index (κ1) is 11.2. The van der Waals surface area contributed by atoms with Gasteiger partial charge in [0.25, 0.3) is 0 Å². The average Bonchev–Trinajstić information content (AvgIpc) is 2.72. The van der Waals surface area contributed by atoms with Crippen LogP contribution in [0.1, 0.15) is 5.56 Å². The van der Waals surface area contributed by atoms with E-state index in [2.05, 4.69) is 5.10 Å². The SMILES string of the molecule is O=[N+]([O-])c1cnn(Cc2ccc(F)c(F)c2)c1. The topological polar surface area (TPSA) is 61.0 Å². The zero-order chi connectivity index (χ0) is 12.4. The van der Waals surface area contributed by atoms with Gasteiger partial charge in [0.15, 0.2) is 11.6 Å². The van der Waals surface area contributed by atoms with E-state index in [1.54, 1.807) is 0 Å². The molecule has 0 amide bonds. The maximum Gasteiger partial charge on any atom is 0.307 e. The highest BCUT2D eigenvalue weighted by Crippen LogP contribution is 2.12. The van der Waals surface area contributed by atoms with Gasteiger partial charge >= 0.3 is 5.69 Å². The largest absolute Gasteiger partial charge is 0.307 e. The monoisotopic (exact) mass is 239 g/mol. The maximum atomic E-state index is 12.9. The smallest absolute Gasteiger partial charge is 0.261 e. The highest BCUT2D eigenvalue weighted by atomic mass is 19.2. The minimum absolute atomic E-state index is 0.144. The molecule has 1 aromatic heterocycles. The van der Waals surface area contributed by atoms with Crippen molar-refractivity contribution in [1.82, 2.24) is 9.78 Å². The molecule has 0 N–H and O–H groups in total. The Morgan fingerprint density at radius 3 is 2.71 bits per heavy atom. The second kappa shape index (κ2) is 4.28. The summed E-state index contributed by atoms with van der Waals surface area (Å²) < 4.78 is 26.8. The summed E-state index contributed by atoms with van der Waals surface area (Å²) in [7, 11) is 0. The van der Waals surface area contributed by atoms with Crippen molar-refractivity contribution >= 4 is 5.69 Å². The fourth-order valence-corrected chi connectivity index (χ4v) is 1.36. The van der Waals surface area contributed by atoms with Crippen LogP contribution in [-0.2, 0) is 6.54 Å². The van der Waals surface area contributed by atoms with E-state index in [1.807, 2.05) is 0 Å². The highest BCUT2D eigenvalue weighted by Gasteiger charge is 2.09. The van der Waals surface area contributed by atoms with Gasteiger partial charge in [-0.25, -0.2) is 8.78 Å². The van der Waals surface area contributed by atoms with Gasteiger partial charge in [-0.3, -0.25) is 14.8 Å². The van der Waals surface area contributed by atoms with E-state index >= 15 is 0 Å². The van der Waals surface area contributed by atoms with Gasteiger partial charge in [0.05, 0.1) is 11.5 Å². The molecule has 88 valence electrons. The van der Waals surface area contributed by atoms with Crippen molar-refractivity contribution in [1.29, 1.82) is 0 Å². The van der Waals surface area contributed by atoms with E-state index in [0.717, 1.165) is 18.3 Å². The molecule has 0 saturated carbocycles. The standard InChI is InChI=1S/C10H7F2N3O2/c11-9-2-1-7(3-10(9)12)5-14-6-8(4-13-14)15(16)17/h1-4,6H,5H2. The summed E-state index contributed by atoms with van der Waals surface area (Å²) >= 11 is 0. The van der Waals surface area contributed by atoms with E-state index in [-0.39, 0.29) is 12.2 Å². The summed E-state index contributed by atoms with van der Waals surface area (Å²) in [5.41, 5.74) is 0.328. The summed E-state index contributed by atoms with van der Waals surface area (Å²) in [4.78, 5) is 9.83. The molecule has 5 nitrogen and oxygen atoms in total. The summed E-state index contributed by atoms with van der Waals surface area (Å²) in [6, 6.07) is 3.43. The van der Waals surface area contributed by atoms with Crippen molar-refractivity contribution in [2.24, 2.45) is 0 Å². The van der Waals surface area contributed by atoms with Crippen molar-refractivity contribution in [3.8, 4) is 0 Å². The zero-order valence-corrected chi connectivity index (χ0v) is 8.51. The quantitative estimate of drug-likeness (QED) is 0.608. The summed E-state index contributed by atoms with van der Waals surface area (Å²) in [5.74, 6) is -1.88. The fourth-order valence-electron chi connectivity index (χ4n) is 1.36. The van der Waals surface area contributed by atoms with Crippen molar-refractivity contribution in [3.05, 3.63) is 57.9 Å². The fraction of sp³-hybridized carbons (Fsp3) is 0.100. The third kappa shape index (κ3) is 2.44. The highest BCUT2D eigenvalue weighted by molar-refractivity contribution is 5.23. The number of nitrogens with zero attached hydrogens (tertiary/aromatic N) is 3. The van der Waals surface area contributed by atoms with Crippen LogP contribution in [0.25, 0.3) is 0 Å². The molecule has 2 aromatic rings. The Balaban J connectivity index is 2.19. The van der Waals surface area contributed by atoms with Crippen LogP contribution in [-0.4, -0.2) is 14.7 Å². The minimum atomic E-state index is -0.954. The first-order chi connectivity index (χ1) is 8.06. The Morgan fingerprint density at radius 1 is 1.35 bits per heavy atom. The molecule has 0 bridgehead atoms. The first-order valence-corrected chi connectivity index (χ1v) is 4.67. The number of halogens is 2. The third-order valence-electron chi connectivity index (χ3n) is 2.16. The number of nitro groups is 1. The molecule has 1 heterocycles. The molecule has 7 heteroatoms. The van der Waals surface area contributed by atoms with Crippen LogP contribution in [0.2, 0.25) is 0 Å². The Hall–Kier alpha value is -2.31. The lowest BCUT2D eigenvalue weighted by Crippen LogP contribution is -2.00.